The van der Waals surface area contributed by atoms with E-state index in [2.05, 4.69) is 22.6 Å². The van der Waals surface area contributed by atoms with Crippen molar-refractivity contribution in [2.45, 2.75) is 35.1 Å². The summed E-state index contributed by atoms with van der Waals surface area (Å²) in [5, 5.41) is 0. The van der Waals surface area contributed by atoms with Gasteiger partial charge in [-0.05, 0) is 43.4 Å². The first kappa shape index (κ1) is 13.9. The van der Waals surface area contributed by atoms with Crippen LogP contribution in [0.2, 0.25) is 0 Å². The van der Waals surface area contributed by atoms with E-state index in [1.807, 2.05) is 0 Å². The zero-order chi connectivity index (χ0) is 12.8. The van der Waals surface area contributed by atoms with E-state index in [1.165, 1.54) is 0 Å². The summed E-state index contributed by atoms with van der Waals surface area (Å²) in [6.45, 7) is 0. The van der Waals surface area contributed by atoms with Gasteiger partial charge in [0.2, 0.25) is 9.84 Å². The van der Waals surface area contributed by atoms with Crippen molar-refractivity contribution in [3.8, 4) is 0 Å². The van der Waals surface area contributed by atoms with E-state index in [9.17, 15) is 21.6 Å². The highest BCUT2D eigenvalue weighted by molar-refractivity contribution is 14.1. The van der Waals surface area contributed by atoms with Crippen molar-refractivity contribution in [3.63, 3.8) is 0 Å². The number of sulfone groups is 1. The number of hydrogen-bond acceptors (Lipinski definition) is 2. The molecule has 0 aliphatic heterocycles. The zero-order valence-electron chi connectivity index (χ0n) is 9.08. The third kappa shape index (κ3) is 2.59. The fourth-order valence-corrected chi connectivity index (χ4v) is 5.65. The first-order chi connectivity index (χ1) is 7.72. The lowest BCUT2D eigenvalue weighted by Gasteiger charge is -2.19. The van der Waals surface area contributed by atoms with E-state index in [1.54, 1.807) is 0 Å². The Bertz CT molecular complexity index is 393. The van der Waals surface area contributed by atoms with Gasteiger partial charge < -0.3 is 0 Å². The van der Waals surface area contributed by atoms with Crippen molar-refractivity contribution in [2.75, 3.05) is 5.75 Å². The smallest absolute Gasteiger partial charge is 0.220 e. The molecule has 2 fully saturated rings. The average Bonchev–Trinajstić information content (AvgIpc) is 2.70. The molecule has 0 radical (unpaired) electrons. The minimum Gasteiger partial charge on any atom is -0.220 e. The Hall–Kier alpha value is 0.470. The van der Waals surface area contributed by atoms with Crippen LogP contribution >= 0.6 is 22.6 Å². The molecule has 0 heterocycles. The van der Waals surface area contributed by atoms with E-state index in [4.69, 9.17) is 0 Å². The maximum absolute atomic E-state index is 12.3. The van der Waals surface area contributed by atoms with Crippen molar-refractivity contribution >= 4 is 32.4 Å². The molecule has 2 saturated carbocycles. The SMILES string of the molecule is O=S(=O)(C[C@@H]1CC[C@@H]2[C@H]1CC[C@H]2I)C(F)(F)F. The van der Waals surface area contributed by atoms with Gasteiger partial charge in [-0.1, -0.05) is 22.6 Å². The second-order valence-corrected chi connectivity index (χ2v) is 8.61. The van der Waals surface area contributed by atoms with Crippen molar-refractivity contribution in [1.82, 2.24) is 0 Å². The Balaban J connectivity index is 2.07. The number of hydrogen-bond donors (Lipinski definition) is 0. The van der Waals surface area contributed by atoms with Crippen LogP contribution in [0.5, 0.6) is 0 Å². The highest BCUT2D eigenvalue weighted by Gasteiger charge is 2.51. The van der Waals surface area contributed by atoms with Gasteiger partial charge in [-0.2, -0.15) is 13.2 Å². The lowest BCUT2D eigenvalue weighted by atomic mass is 9.94. The third-order valence-electron chi connectivity index (χ3n) is 4.05. The fraction of sp³-hybridized carbons (Fsp3) is 1.00. The molecule has 2 aliphatic carbocycles. The van der Waals surface area contributed by atoms with Gasteiger partial charge in [-0.25, -0.2) is 8.42 Å². The Labute approximate surface area is 112 Å². The number of halogens is 4. The predicted molar refractivity (Wildman–Crippen MR) is 66.6 cm³/mol. The summed E-state index contributed by atoms with van der Waals surface area (Å²) in [6.07, 6.45) is 3.41. The Kier molecular flexibility index (Phi) is 3.71. The maximum atomic E-state index is 12.3. The second kappa shape index (κ2) is 4.54. The van der Waals surface area contributed by atoms with E-state index < -0.39 is 21.1 Å². The van der Waals surface area contributed by atoms with Crippen LogP contribution in [-0.2, 0) is 9.84 Å². The van der Waals surface area contributed by atoms with Crippen LogP contribution in [0.4, 0.5) is 13.2 Å². The van der Waals surface area contributed by atoms with Crippen LogP contribution < -0.4 is 0 Å². The molecule has 2 nitrogen and oxygen atoms in total. The maximum Gasteiger partial charge on any atom is 0.497 e. The minimum absolute atomic E-state index is 0.189. The molecule has 0 aromatic heterocycles. The van der Waals surface area contributed by atoms with Crippen molar-refractivity contribution in [1.29, 1.82) is 0 Å². The lowest BCUT2D eigenvalue weighted by Crippen LogP contribution is -2.31. The van der Waals surface area contributed by atoms with Gasteiger partial charge in [-0.15, -0.1) is 0 Å². The van der Waals surface area contributed by atoms with Gasteiger partial charge >= 0.3 is 5.51 Å². The number of alkyl halides is 4. The summed E-state index contributed by atoms with van der Waals surface area (Å²) in [5.41, 5.74) is -5.09. The van der Waals surface area contributed by atoms with Crippen LogP contribution in [0, 0.1) is 17.8 Å². The van der Waals surface area contributed by atoms with Crippen LogP contribution in [0.15, 0.2) is 0 Å². The van der Waals surface area contributed by atoms with Crippen molar-refractivity contribution in [2.24, 2.45) is 17.8 Å². The third-order valence-corrected chi connectivity index (χ3v) is 7.17. The molecule has 0 unspecified atom stereocenters. The molecule has 0 amide bonds. The molecule has 0 aromatic rings. The molecule has 0 bridgehead atoms. The van der Waals surface area contributed by atoms with Gasteiger partial charge in [-0.3, -0.25) is 0 Å². The molecular formula is C10H14F3IO2S. The molecule has 2 rings (SSSR count). The van der Waals surface area contributed by atoms with Gasteiger partial charge in [0.15, 0.2) is 0 Å². The fourth-order valence-electron chi connectivity index (χ4n) is 3.23. The first-order valence-corrected chi connectivity index (χ1v) is 8.55. The minimum atomic E-state index is -5.09. The molecule has 0 spiro atoms. The van der Waals surface area contributed by atoms with Gasteiger partial charge in [0, 0.05) is 3.92 Å². The largest absolute Gasteiger partial charge is 0.497 e. The summed E-state index contributed by atoms with van der Waals surface area (Å²) in [6, 6.07) is 0. The molecule has 0 saturated heterocycles. The normalized spacial score (nSPS) is 38.4. The van der Waals surface area contributed by atoms with Crippen molar-refractivity contribution < 1.29 is 21.6 Å². The number of rotatable bonds is 2. The Morgan fingerprint density at radius 2 is 1.65 bits per heavy atom. The molecule has 2 aliphatic rings. The molecule has 17 heavy (non-hydrogen) atoms. The summed E-state index contributed by atoms with van der Waals surface area (Å²) < 4.78 is 59.8. The van der Waals surface area contributed by atoms with Gasteiger partial charge in [0.05, 0.1) is 5.75 Å². The molecule has 0 N–H and O–H groups in total. The molecule has 100 valence electrons. The Morgan fingerprint density at radius 3 is 2.24 bits per heavy atom. The second-order valence-electron chi connectivity index (χ2n) is 4.99. The van der Waals surface area contributed by atoms with Crippen LogP contribution in [0.25, 0.3) is 0 Å². The van der Waals surface area contributed by atoms with E-state index in [-0.39, 0.29) is 11.8 Å². The standard InChI is InChI=1S/C10H14F3IO2S/c11-10(12,13)17(15,16)5-6-1-2-8-7(6)3-4-9(8)14/h6-9H,1-5H2/t6-,7-,8+,9+/m0/s1. The van der Waals surface area contributed by atoms with E-state index >= 15 is 0 Å². The predicted octanol–water partition coefficient (Wildman–Crippen LogP) is 3.16. The highest BCUT2D eigenvalue weighted by Crippen LogP contribution is 2.51. The van der Waals surface area contributed by atoms with Crippen LogP contribution in [0.1, 0.15) is 25.7 Å². The summed E-state index contributed by atoms with van der Waals surface area (Å²) in [7, 11) is -4.94. The average molecular weight is 382 g/mol. The topological polar surface area (TPSA) is 34.1 Å². The molecule has 7 heteroatoms. The summed E-state index contributed by atoms with van der Waals surface area (Å²) in [4.78, 5) is 0. The molecule has 0 aromatic carbocycles. The van der Waals surface area contributed by atoms with E-state index in [0.717, 1.165) is 19.3 Å². The van der Waals surface area contributed by atoms with E-state index in [0.29, 0.717) is 16.3 Å². The quantitative estimate of drug-likeness (QED) is 0.543. The molecular weight excluding hydrogens is 368 g/mol. The number of fused-ring (bicyclic) bond motifs is 1. The summed E-state index contributed by atoms with van der Waals surface area (Å²) >= 11 is 2.34. The lowest BCUT2D eigenvalue weighted by molar-refractivity contribution is -0.0439. The monoisotopic (exact) mass is 382 g/mol. The summed E-state index contributed by atoms with van der Waals surface area (Å²) in [5.74, 6) is -0.370. The van der Waals surface area contributed by atoms with Gasteiger partial charge in [0.25, 0.3) is 0 Å². The van der Waals surface area contributed by atoms with Crippen molar-refractivity contribution in [3.05, 3.63) is 0 Å². The molecule has 4 atom stereocenters. The zero-order valence-corrected chi connectivity index (χ0v) is 12.1. The van der Waals surface area contributed by atoms with Crippen LogP contribution in [-0.4, -0.2) is 23.6 Å². The van der Waals surface area contributed by atoms with Gasteiger partial charge in [0.1, 0.15) is 0 Å². The Morgan fingerprint density at radius 1 is 1.06 bits per heavy atom. The van der Waals surface area contributed by atoms with Crippen LogP contribution in [0.3, 0.4) is 0 Å². The first-order valence-electron chi connectivity index (χ1n) is 5.65. The highest BCUT2D eigenvalue weighted by atomic mass is 127.